The SMILES string of the molecule is C=C1CC[C@H]2[C@@H](CC[C@@H]3C[C@H](OC(C)=O)CC[C@@]32C)[C@@H]1CCC#N. The molecule has 0 aromatic heterocycles. The van der Waals surface area contributed by atoms with Gasteiger partial charge in [-0.05, 0) is 80.5 Å². The topological polar surface area (TPSA) is 50.1 Å². The van der Waals surface area contributed by atoms with Crippen molar-refractivity contribution < 1.29 is 9.53 Å². The number of nitrogens with zero attached hydrogens (tertiary/aromatic N) is 1. The summed E-state index contributed by atoms with van der Waals surface area (Å²) in [6, 6.07) is 2.33. The van der Waals surface area contributed by atoms with Gasteiger partial charge in [-0.25, -0.2) is 0 Å². The first-order valence-corrected chi connectivity index (χ1v) is 9.67. The first-order valence-electron chi connectivity index (χ1n) is 9.67. The first-order chi connectivity index (χ1) is 11.5. The Morgan fingerprint density at radius 1 is 1.38 bits per heavy atom. The summed E-state index contributed by atoms with van der Waals surface area (Å²) in [5.74, 6) is 2.56. The molecule has 3 heteroatoms. The van der Waals surface area contributed by atoms with Gasteiger partial charge in [-0.3, -0.25) is 4.79 Å². The summed E-state index contributed by atoms with van der Waals surface area (Å²) in [6.07, 6.45) is 9.90. The van der Waals surface area contributed by atoms with Crippen LogP contribution >= 0.6 is 0 Å². The second kappa shape index (κ2) is 6.90. The van der Waals surface area contributed by atoms with Gasteiger partial charge in [0.15, 0.2) is 0 Å². The van der Waals surface area contributed by atoms with Gasteiger partial charge in [-0.1, -0.05) is 19.1 Å². The summed E-state index contributed by atoms with van der Waals surface area (Å²) in [5, 5.41) is 9.00. The molecular weight excluding hydrogens is 298 g/mol. The lowest BCUT2D eigenvalue weighted by molar-refractivity contribution is -0.155. The maximum Gasteiger partial charge on any atom is 0.302 e. The normalized spacial score (nSPS) is 41.7. The summed E-state index contributed by atoms with van der Waals surface area (Å²) in [6.45, 7) is 8.36. The molecule has 3 aliphatic carbocycles. The molecule has 3 aliphatic rings. The van der Waals surface area contributed by atoms with Crippen LogP contribution in [-0.4, -0.2) is 12.1 Å². The molecule has 0 unspecified atom stereocenters. The molecule has 3 rings (SSSR count). The molecule has 0 spiro atoms. The van der Waals surface area contributed by atoms with E-state index in [1.165, 1.54) is 38.2 Å². The average molecular weight is 329 g/mol. The molecule has 6 atom stereocenters. The third-order valence-corrected chi connectivity index (χ3v) is 7.41. The van der Waals surface area contributed by atoms with E-state index in [9.17, 15) is 4.79 Å². The Balaban J connectivity index is 1.75. The van der Waals surface area contributed by atoms with E-state index >= 15 is 0 Å². The van der Waals surface area contributed by atoms with E-state index in [-0.39, 0.29) is 12.1 Å². The lowest BCUT2D eigenvalue weighted by Crippen LogP contribution is -2.51. The zero-order valence-electron chi connectivity index (χ0n) is 15.2. The van der Waals surface area contributed by atoms with Crippen LogP contribution in [0.15, 0.2) is 12.2 Å². The minimum absolute atomic E-state index is 0.130. The molecule has 0 aromatic rings. The van der Waals surface area contributed by atoms with E-state index in [1.807, 2.05) is 0 Å². The first kappa shape index (κ1) is 17.5. The number of esters is 1. The van der Waals surface area contributed by atoms with Crippen molar-refractivity contribution in [2.75, 3.05) is 0 Å². The summed E-state index contributed by atoms with van der Waals surface area (Å²) < 4.78 is 5.52. The molecule has 24 heavy (non-hydrogen) atoms. The fourth-order valence-corrected chi connectivity index (χ4v) is 6.23. The fraction of sp³-hybridized carbons (Fsp3) is 0.810. The molecule has 0 amide bonds. The summed E-state index contributed by atoms with van der Waals surface area (Å²) >= 11 is 0. The van der Waals surface area contributed by atoms with Gasteiger partial charge in [0.1, 0.15) is 6.10 Å². The molecular formula is C21H31NO2. The van der Waals surface area contributed by atoms with Crippen LogP contribution in [0, 0.1) is 40.4 Å². The second-order valence-corrected chi connectivity index (χ2v) is 8.56. The van der Waals surface area contributed by atoms with Gasteiger partial charge in [0.25, 0.3) is 0 Å². The maximum atomic E-state index is 11.3. The number of fused-ring (bicyclic) bond motifs is 3. The number of rotatable bonds is 3. The van der Waals surface area contributed by atoms with Crippen LogP contribution in [0.25, 0.3) is 0 Å². The lowest BCUT2D eigenvalue weighted by atomic mass is 9.47. The Kier molecular flexibility index (Phi) is 5.04. The van der Waals surface area contributed by atoms with Gasteiger partial charge in [0.2, 0.25) is 0 Å². The summed E-state index contributed by atoms with van der Waals surface area (Å²) in [4.78, 5) is 11.3. The van der Waals surface area contributed by atoms with Crippen molar-refractivity contribution in [1.29, 1.82) is 5.26 Å². The van der Waals surface area contributed by atoms with Crippen LogP contribution < -0.4 is 0 Å². The minimum atomic E-state index is -0.136. The molecule has 132 valence electrons. The highest BCUT2D eigenvalue weighted by atomic mass is 16.5. The monoisotopic (exact) mass is 329 g/mol. The summed E-state index contributed by atoms with van der Waals surface area (Å²) in [5.41, 5.74) is 1.77. The standard InChI is InChI=1S/C21H31NO2/c1-14-6-9-20-19(18(14)5-4-12-22)8-7-16-13-17(24-15(2)23)10-11-21(16,20)3/h16-20H,1,4-11,13H2,2-3H3/t16-,17-,18-,19+,20+,21+/m1/s1. The Labute approximate surface area is 146 Å². The minimum Gasteiger partial charge on any atom is -0.463 e. The van der Waals surface area contributed by atoms with E-state index in [4.69, 9.17) is 10.00 Å². The Bertz CT molecular complexity index is 549. The number of hydrogen-bond acceptors (Lipinski definition) is 3. The van der Waals surface area contributed by atoms with E-state index in [0.29, 0.717) is 29.6 Å². The van der Waals surface area contributed by atoms with E-state index < -0.39 is 0 Å². The molecule has 0 radical (unpaired) electrons. The molecule has 0 N–H and O–H groups in total. The quantitative estimate of drug-likeness (QED) is 0.539. The molecule has 0 heterocycles. The van der Waals surface area contributed by atoms with Crippen LogP contribution in [-0.2, 0) is 9.53 Å². The molecule has 3 saturated carbocycles. The van der Waals surface area contributed by atoms with E-state index in [2.05, 4.69) is 19.6 Å². The van der Waals surface area contributed by atoms with Gasteiger partial charge in [0, 0.05) is 13.3 Å². The highest BCUT2D eigenvalue weighted by molar-refractivity contribution is 5.66. The van der Waals surface area contributed by atoms with Crippen LogP contribution in [0.4, 0.5) is 0 Å². The van der Waals surface area contributed by atoms with Gasteiger partial charge in [-0.2, -0.15) is 5.26 Å². The lowest BCUT2D eigenvalue weighted by Gasteiger charge is -2.58. The van der Waals surface area contributed by atoms with Crippen molar-refractivity contribution in [3.8, 4) is 6.07 Å². The van der Waals surface area contributed by atoms with Gasteiger partial charge < -0.3 is 4.74 Å². The predicted octanol–water partition coefficient (Wildman–Crippen LogP) is 5.02. The number of carbonyl (C=O) groups is 1. The Morgan fingerprint density at radius 3 is 2.88 bits per heavy atom. The zero-order valence-corrected chi connectivity index (χ0v) is 15.2. The van der Waals surface area contributed by atoms with Crippen molar-refractivity contribution >= 4 is 5.97 Å². The highest BCUT2D eigenvalue weighted by Gasteiger charge is 2.53. The van der Waals surface area contributed by atoms with Crippen molar-refractivity contribution in [3.63, 3.8) is 0 Å². The molecule has 0 aliphatic heterocycles. The average Bonchev–Trinajstić information content (AvgIpc) is 2.53. The van der Waals surface area contributed by atoms with Crippen molar-refractivity contribution in [2.24, 2.45) is 29.1 Å². The number of nitriles is 1. The Morgan fingerprint density at radius 2 is 2.17 bits per heavy atom. The van der Waals surface area contributed by atoms with E-state index in [1.54, 1.807) is 0 Å². The maximum absolute atomic E-state index is 11.3. The molecule has 0 saturated heterocycles. The van der Waals surface area contributed by atoms with Crippen LogP contribution in [0.2, 0.25) is 0 Å². The largest absolute Gasteiger partial charge is 0.463 e. The third kappa shape index (κ3) is 3.13. The number of ether oxygens (including phenoxy) is 1. The van der Waals surface area contributed by atoms with Crippen molar-refractivity contribution in [1.82, 2.24) is 0 Å². The highest BCUT2D eigenvalue weighted by Crippen LogP contribution is 2.61. The van der Waals surface area contributed by atoms with E-state index in [0.717, 1.165) is 31.6 Å². The smallest absolute Gasteiger partial charge is 0.302 e. The Hall–Kier alpha value is -1.30. The summed E-state index contributed by atoms with van der Waals surface area (Å²) in [7, 11) is 0. The van der Waals surface area contributed by atoms with Crippen LogP contribution in [0.1, 0.15) is 71.6 Å². The second-order valence-electron chi connectivity index (χ2n) is 8.56. The number of carbonyl (C=O) groups excluding carboxylic acids is 1. The van der Waals surface area contributed by atoms with Gasteiger partial charge >= 0.3 is 5.97 Å². The van der Waals surface area contributed by atoms with Crippen LogP contribution in [0.5, 0.6) is 0 Å². The number of allylic oxidation sites excluding steroid dienone is 1. The molecule has 0 bridgehead atoms. The van der Waals surface area contributed by atoms with Gasteiger partial charge in [0.05, 0.1) is 6.07 Å². The van der Waals surface area contributed by atoms with Crippen molar-refractivity contribution in [2.45, 2.75) is 77.7 Å². The van der Waals surface area contributed by atoms with Crippen molar-refractivity contribution in [3.05, 3.63) is 12.2 Å². The third-order valence-electron chi connectivity index (χ3n) is 7.41. The van der Waals surface area contributed by atoms with Gasteiger partial charge in [-0.15, -0.1) is 0 Å². The fourth-order valence-electron chi connectivity index (χ4n) is 6.23. The molecule has 0 aromatic carbocycles. The molecule has 3 nitrogen and oxygen atoms in total. The number of hydrogen-bond donors (Lipinski definition) is 0. The molecule has 3 fully saturated rings. The van der Waals surface area contributed by atoms with Crippen LogP contribution in [0.3, 0.4) is 0 Å². The zero-order chi connectivity index (χ0) is 17.3. The predicted molar refractivity (Wildman–Crippen MR) is 93.9 cm³/mol.